The van der Waals surface area contributed by atoms with Crippen LogP contribution in [0.2, 0.25) is 0 Å². The summed E-state index contributed by atoms with van der Waals surface area (Å²) in [6, 6.07) is 10.8. The van der Waals surface area contributed by atoms with Gasteiger partial charge in [-0.1, -0.05) is 44.2 Å². The first-order valence-corrected chi connectivity index (χ1v) is 8.29. The summed E-state index contributed by atoms with van der Waals surface area (Å²) in [4.78, 5) is 14.6. The number of hydrogen-bond donors (Lipinski definition) is 2. The lowest BCUT2D eigenvalue weighted by molar-refractivity contribution is -0.123. The van der Waals surface area contributed by atoms with Crippen LogP contribution in [-0.2, 0) is 11.3 Å². The largest absolute Gasteiger partial charge is 0.351 e. The standard InChI is InChI=1S/C18H29N3O.2ClH/c1-13(2)9-17(19)18(22)20-16-10-14(3)21(12-16)11-15-7-5-4-6-8-15;;/h4-8,13-14,16-17H,9-12,19H2,1-3H3,(H,20,22);2*1H/t14?,16?,17-;;/m0../s1. The van der Waals surface area contributed by atoms with Crippen molar-refractivity contribution in [1.29, 1.82) is 0 Å². The maximum absolute atomic E-state index is 12.2. The maximum Gasteiger partial charge on any atom is 0.237 e. The molecule has 0 bridgehead atoms. The highest BCUT2D eigenvalue weighted by molar-refractivity contribution is 5.85. The molecule has 0 aromatic heterocycles. The van der Waals surface area contributed by atoms with E-state index in [0.29, 0.717) is 12.0 Å². The van der Waals surface area contributed by atoms with Crippen LogP contribution in [0.25, 0.3) is 0 Å². The fourth-order valence-corrected chi connectivity index (χ4v) is 3.16. The van der Waals surface area contributed by atoms with E-state index in [1.54, 1.807) is 0 Å². The number of nitrogens with zero attached hydrogens (tertiary/aromatic N) is 1. The average molecular weight is 376 g/mol. The molecule has 6 heteroatoms. The smallest absolute Gasteiger partial charge is 0.237 e. The lowest BCUT2D eigenvalue weighted by Crippen LogP contribution is -2.46. The van der Waals surface area contributed by atoms with Crippen LogP contribution < -0.4 is 11.1 Å². The van der Waals surface area contributed by atoms with Gasteiger partial charge in [0.2, 0.25) is 5.91 Å². The molecule has 1 aromatic carbocycles. The highest BCUT2D eigenvalue weighted by atomic mass is 35.5. The van der Waals surface area contributed by atoms with Gasteiger partial charge in [-0.2, -0.15) is 0 Å². The predicted octanol–water partition coefficient (Wildman–Crippen LogP) is 2.98. The SMILES string of the molecule is CC(C)C[C@H](N)C(=O)NC1CC(C)N(Cc2ccccc2)C1.Cl.Cl. The minimum atomic E-state index is -0.390. The Bertz CT molecular complexity index is 484. The third-order valence-corrected chi connectivity index (χ3v) is 4.34. The second kappa shape index (κ2) is 10.9. The minimum absolute atomic E-state index is 0. The maximum atomic E-state index is 12.2. The summed E-state index contributed by atoms with van der Waals surface area (Å²) in [5.41, 5.74) is 7.28. The third-order valence-electron chi connectivity index (χ3n) is 4.34. The van der Waals surface area contributed by atoms with Crippen molar-refractivity contribution < 1.29 is 4.79 Å². The van der Waals surface area contributed by atoms with Crippen molar-refractivity contribution in [2.45, 2.75) is 58.3 Å². The van der Waals surface area contributed by atoms with Gasteiger partial charge in [0.05, 0.1) is 6.04 Å². The van der Waals surface area contributed by atoms with Crippen LogP contribution in [0.1, 0.15) is 39.2 Å². The number of nitrogens with two attached hydrogens (primary N) is 1. The number of likely N-dealkylation sites (tertiary alicyclic amines) is 1. The molecule has 1 fully saturated rings. The highest BCUT2D eigenvalue weighted by Gasteiger charge is 2.30. The molecule has 2 rings (SSSR count). The van der Waals surface area contributed by atoms with E-state index in [9.17, 15) is 4.79 Å². The molecule has 1 heterocycles. The van der Waals surface area contributed by atoms with Crippen LogP contribution in [-0.4, -0.2) is 35.5 Å². The molecule has 0 aliphatic carbocycles. The van der Waals surface area contributed by atoms with Gasteiger partial charge < -0.3 is 11.1 Å². The number of halogens is 2. The van der Waals surface area contributed by atoms with Crippen molar-refractivity contribution >= 4 is 30.7 Å². The Morgan fingerprint density at radius 1 is 1.29 bits per heavy atom. The molecule has 0 saturated carbocycles. The van der Waals surface area contributed by atoms with E-state index in [-0.39, 0.29) is 36.8 Å². The zero-order valence-electron chi connectivity index (χ0n) is 14.8. The molecule has 1 saturated heterocycles. The van der Waals surface area contributed by atoms with E-state index < -0.39 is 6.04 Å². The Labute approximate surface area is 158 Å². The van der Waals surface area contributed by atoms with Crippen molar-refractivity contribution in [3.63, 3.8) is 0 Å². The Morgan fingerprint density at radius 3 is 2.50 bits per heavy atom. The first kappa shape index (κ1) is 23.2. The van der Waals surface area contributed by atoms with Gasteiger partial charge in [0, 0.05) is 25.2 Å². The van der Waals surface area contributed by atoms with E-state index in [4.69, 9.17) is 5.73 Å². The van der Waals surface area contributed by atoms with Gasteiger partial charge in [-0.25, -0.2) is 0 Å². The zero-order chi connectivity index (χ0) is 16.1. The van der Waals surface area contributed by atoms with Gasteiger partial charge in [-0.05, 0) is 31.2 Å². The summed E-state index contributed by atoms with van der Waals surface area (Å²) in [6.45, 7) is 8.24. The van der Waals surface area contributed by atoms with Gasteiger partial charge in [-0.15, -0.1) is 24.8 Å². The number of hydrogen-bond acceptors (Lipinski definition) is 3. The number of carbonyl (C=O) groups is 1. The van der Waals surface area contributed by atoms with Gasteiger partial charge >= 0.3 is 0 Å². The molecule has 0 radical (unpaired) electrons. The van der Waals surface area contributed by atoms with Gasteiger partial charge in [0.15, 0.2) is 0 Å². The third kappa shape index (κ3) is 6.98. The minimum Gasteiger partial charge on any atom is -0.351 e. The van der Waals surface area contributed by atoms with E-state index in [2.05, 4.69) is 55.3 Å². The van der Waals surface area contributed by atoms with Crippen molar-refractivity contribution in [3.8, 4) is 0 Å². The summed E-state index contributed by atoms with van der Waals surface area (Å²) in [5.74, 6) is 0.435. The van der Waals surface area contributed by atoms with Crippen LogP contribution in [0, 0.1) is 5.92 Å². The molecule has 1 aliphatic rings. The Hall–Kier alpha value is -0.810. The lowest BCUT2D eigenvalue weighted by Gasteiger charge is -2.21. The van der Waals surface area contributed by atoms with Crippen LogP contribution in [0.15, 0.2) is 30.3 Å². The van der Waals surface area contributed by atoms with E-state index in [1.165, 1.54) is 5.56 Å². The number of rotatable bonds is 6. The quantitative estimate of drug-likeness (QED) is 0.803. The highest BCUT2D eigenvalue weighted by Crippen LogP contribution is 2.20. The summed E-state index contributed by atoms with van der Waals surface area (Å²) in [6.07, 6.45) is 1.73. The number of carbonyl (C=O) groups excluding carboxylic acids is 1. The van der Waals surface area contributed by atoms with Crippen molar-refractivity contribution in [2.75, 3.05) is 6.54 Å². The number of benzene rings is 1. The Morgan fingerprint density at radius 2 is 1.92 bits per heavy atom. The first-order valence-electron chi connectivity index (χ1n) is 8.29. The number of amides is 1. The summed E-state index contributed by atoms with van der Waals surface area (Å²) in [7, 11) is 0. The van der Waals surface area contributed by atoms with E-state index in [0.717, 1.165) is 25.9 Å². The molecule has 1 amide bonds. The molecule has 3 atom stereocenters. The normalized spacial score (nSPS) is 21.7. The van der Waals surface area contributed by atoms with Crippen molar-refractivity contribution in [3.05, 3.63) is 35.9 Å². The van der Waals surface area contributed by atoms with E-state index >= 15 is 0 Å². The molecule has 4 nitrogen and oxygen atoms in total. The summed E-state index contributed by atoms with van der Waals surface area (Å²) in [5, 5.41) is 3.12. The van der Waals surface area contributed by atoms with Crippen LogP contribution in [0.5, 0.6) is 0 Å². The van der Waals surface area contributed by atoms with Crippen LogP contribution in [0.3, 0.4) is 0 Å². The number of nitrogens with one attached hydrogen (secondary N) is 1. The van der Waals surface area contributed by atoms with Crippen LogP contribution >= 0.6 is 24.8 Å². The van der Waals surface area contributed by atoms with Gasteiger partial charge in [-0.3, -0.25) is 9.69 Å². The molecular weight excluding hydrogens is 345 g/mol. The average Bonchev–Trinajstić information content (AvgIpc) is 2.79. The fraction of sp³-hybridized carbons (Fsp3) is 0.611. The fourth-order valence-electron chi connectivity index (χ4n) is 3.16. The predicted molar refractivity (Wildman–Crippen MR) is 105 cm³/mol. The first-order chi connectivity index (χ1) is 10.5. The molecule has 0 spiro atoms. The molecule has 1 aliphatic heterocycles. The van der Waals surface area contributed by atoms with Gasteiger partial charge in [0.1, 0.15) is 0 Å². The second-order valence-electron chi connectivity index (χ2n) is 6.94. The monoisotopic (exact) mass is 375 g/mol. The molecule has 24 heavy (non-hydrogen) atoms. The molecule has 1 aromatic rings. The molecule has 138 valence electrons. The summed E-state index contributed by atoms with van der Waals surface area (Å²) >= 11 is 0. The Balaban J connectivity index is 0.00000264. The summed E-state index contributed by atoms with van der Waals surface area (Å²) < 4.78 is 0. The Kier molecular flexibility index (Phi) is 10.6. The van der Waals surface area contributed by atoms with Crippen molar-refractivity contribution in [1.82, 2.24) is 10.2 Å². The van der Waals surface area contributed by atoms with E-state index in [1.807, 2.05) is 6.07 Å². The zero-order valence-corrected chi connectivity index (χ0v) is 16.4. The topological polar surface area (TPSA) is 58.4 Å². The molecule has 2 unspecified atom stereocenters. The van der Waals surface area contributed by atoms with Gasteiger partial charge in [0.25, 0.3) is 0 Å². The second-order valence-corrected chi connectivity index (χ2v) is 6.94. The molecular formula is C18H31Cl2N3O. The molecule has 3 N–H and O–H groups in total. The van der Waals surface area contributed by atoms with Crippen molar-refractivity contribution in [2.24, 2.45) is 11.7 Å². The van der Waals surface area contributed by atoms with Crippen LogP contribution in [0.4, 0.5) is 0 Å². The lowest BCUT2D eigenvalue weighted by atomic mass is 10.0.